The van der Waals surface area contributed by atoms with E-state index < -0.39 is 5.97 Å². The number of aliphatic imine (C=N–C) groups is 1. The van der Waals surface area contributed by atoms with Crippen LogP contribution in [0, 0.1) is 0 Å². The van der Waals surface area contributed by atoms with E-state index in [1.807, 2.05) is 24.3 Å². The Labute approximate surface area is 184 Å². The second-order valence-electron chi connectivity index (χ2n) is 8.10. The Morgan fingerprint density at radius 3 is 2.52 bits per heavy atom. The van der Waals surface area contributed by atoms with E-state index in [4.69, 9.17) is 4.99 Å². The van der Waals surface area contributed by atoms with Crippen molar-refractivity contribution in [2.45, 2.75) is 46.1 Å². The zero-order valence-electron chi connectivity index (χ0n) is 18.4. The van der Waals surface area contributed by atoms with Crippen LogP contribution in [0.25, 0.3) is 11.1 Å². The molecule has 2 aliphatic rings. The molecular formula is C26H29N3O2. The molecule has 0 bridgehead atoms. The van der Waals surface area contributed by atoms with Gasteiger partial charge in [-0.1, -0.05) is 55.8 Å². The highest BCUT2D eigenvalue weighted by atomic mass is 16.4. The molecule has 5 nitrogen and oxygen atoms in total. The van der Waals surface area contributed by atoms with E-state index in [1.165, 1.54) is 16.8 Å². The molecule has 0 saturated carbocycles. The number of aromatic carboxylic acids is 1. The maximum absolute atomic E-state index is 11.6. The SMILES string of the molecule is CCCC1=NC2=CC(C)=CN(CC)N2C1Cc1ccc(-c2ccccc2C(=O)O)cc1. The van der Waals surface area contributed by atoms with Gasteiger partial charge in [0.05, 0.1) is 11.6 Å². The van der Waals surface area contributed by atoms with E-state index >= 15 is 0 Å². The predicted octanol–water partition coefficient (Wildman–Crippen LogP) is 5.52. The van der Waals surface area contributed by atoms with Crippen molar-refractivity contribution in [3.8, 4) is 11.1 Å². The Hall–Kier alpha value is -3.34. The Kier molecular flexibility index (Phi) is 5.94. The van der Waals surface area contributed by atoms with Gasteiger partial charge in [0.25, 0.3) is 0 Å². The fourth-order valence-electron chi connectivity index (χ4n) is 4.41. The fraction of sp³-hybridized carbons (Fsp3) is 0.308. The summed E-state index contributed by atoms with van der Waals surface area (Å²) in [4.78, 5) is 16.6. The largest absolute Gasteiger partial charge is 0.478 e. The Bertz CT molecular complexity index is 1070. The van der Waals surface area contributed by atoms with Crippen LogP contribution in [0.5, 0.6) is 0 Å². The molecule has 0 aromatic heterocycles. The van der Waals surface area contributed by atoms with Gasteiger partial charge in [-0.25, -0.2) is 9.79 Å². The molecule has 4 rings (SSSR count). The second kappa shape index (κ2) is 8.80. The normalized spacial score (nSPS) is 17.8. The van der Waals surface area contributed by atoms with Gasteiger partial charge in [-0.2, -0.15) is 0 Å². The number of hydrogen-bond donors (Lipinski definition) is 1. The molecule has 2 heterocycles. The van der Waals surface area contributed by atoms with Gasteiger partial charge in [0.1, 0.15) is 5.82 Å². The number of hydrazine groups is 1. The minimum absolute atomic E-state index is 0.202. The first-order chi connectivity index (χ1) is 15.0. The van der Waals surface area contributed by atoms with Crippen LogP contribution in [0.3, 0.4) is 0 Å². The molecule has 1 unspecified atom stereocenters. The zero-order chi connectivity index (χ0) is 22.0. The van der Waals surface area contributed by atoms with Crippen molar-refractivity contribution in [3.05, 3.63) is 83.3 Å². The molecule has 1 N–H and O–H groups in total. The van der Waals surface area contributed by atoms with E-state index in [0.717, 1.165) is 42.8 Å². The first-order valence-corrected chi connectivity index (χ1v) is 11.0. The van der Waals surface area contributed by atoms with Crippen molar-refractivity contribution in [3.63, 3.8) is 0 Å². The first-order valence-electron chi connectivity index (χ1n) is 11.0. The lowest BCUT2D eigenvalue weighted by molar-refractivity contribution is 0.0482. The quantitative estimate of drug-likeness (QED) is 0.647. The lowest BCUT2D eigenvalue weighted by Crippen LogP contribution is -2.47. The summed E-state index contributed by atoms with van der Waals surface area (Å²) in [7, 11) is 0. The average molecular weight is 416 g/mol. The van der Waals surface area contributed by atoms with Gasteiger partial charge in [0.2, 0.25) is 0 Å². The molecule has 31 heavy (non-hydrogen) atoms. The molecule has 0 amide bonds. The van der Waals surface area contributed by atoms with Crippen molar-refractivity contribution >= 4 is 11.7 Å². The van der Waals surface area contributed by atoms with Crippen molar-refractivity contribution < 1.29 is 9.90 Å². The Morgan fingerprint density at radius 1 is 1.10 bits per heavy atom. The van der Waals surface area contributed by atoms with Gasteiger partial charge in [-0.3, -0.25) is 10.0 Å². The molecule has 0 saturated heterocycles. The number of nitrogens with zero attached hydrogens (tertiary/aromatic N) is 3. The molecule has 0 spiro atoms. The molecule has 5 heteroatoms. The molecule has 0 fully saturated rings. The fourth-order valence-corrected chi connectivity index (χ4v) is 4.41. The third-order valence-electron chi connectivity index (χ3n) is 5.84. The highest BCUT2D eigenvalue weighted by Crippen LogP contribution is 2.32. The smallest absolute Gasteiger partial charge is 0.336 e. The maximum atomic E-state index is 11.6. The van der Waals surface area contributed by atoms with Gasteiger partial charge < -0.3 is 5.11 Å². The standard InChI is InChI=1S/C26H29N3O2/c1-4-8-23-24(29-25(27-23)15-18(3)17-28(29)5-2)16-19-11-13-20(14-12-19)21-9-6-7-10-22(21)26(30)31/h6-7,9-15,17,24H,4-5,8,16H2,1-3H3,(H,30,31). The Balaban J connectivity index is 1.61. The lowest BCUT2D eigenvalue weighted by atomic mass is 9.95. The summed E-state index contributed by atoms with van der Waals surface area (Å²) in [5.41, 5.74) is 5.66. The molecule has 2 aliphatic heterocycles. The van der Waals surface area contributed by atoms with Crippen LogP contribution in [0.4, 0.5) is 0 Å². The number of fused-ring (bicyclic) bond motifs is 1. The highest BCUT2D eigenvalue weighted by Gasteiger charge is 2.35. The van der Waals surface area contributed by atoms with Crippen LogP contribution < -0.4 is 0 Å². The first kappa shape index (κ1) is 20.9. The van der Waals surface area contributed by atoms with Crippen LogP contribution in [0.15, 0.2) is 77.2 Å². The van der Waals surface area contributed by atoms with Crippen molar-refractivity contribution in [1.82, 2.24) is 10.0 Å². The summed E-state index contributed by atoms with van der Waals surface area (Å²) in [5.74, 6) is 0.126. The van der Waals surface area contributed by atoms with Crippen LogP contribution in [-0.4, -0.2) is 39.4 Å². The molecule has 0 radical (unpaired) electrons. The van der Waals surface area contributed by atoms with Gasteiger partial charge in [0, 0.05) is 24.9 Å². The highest BCUT2D eigenvalue weighted by molar-refractivity contribution is 5.96. The molecule has 1 atom stereocenters. The van der Waals surface area contributed by atoms with E-state index in [-0.39, 0.29) is 6.04 Å². The summed E-state index contributed by atoms with van der Waals surface area (Å²) in [6, 6.07) is 15.6. The van der Waals surface area contributed by atoms with E-state index in [2.05, 4.69) is 55.2 Å². The average Bonchev–Trinajstić information content (AvgIpc) is 3.10. The maximum Gasteiger partial charge on any atom is 0.336 e. The predicted molar refractivity (Wildman–Crippen MR) is 125 cm³/mol. The second-order valence-corrected chi connectivity index (χ2v) is 8.10. The van der Waals surface area contributed by atoms with Gasteiger partial charge in [0.15, 0.2) is 0 Å². The van der Waals surface area contributed by atoms with Crippen LogP contribution in [0.2, 0.25) is 0 Å². The summed E-state index contributed by atoms with van der Waals surface area (Å²) >= 11 is 0. The number of allylic oxidation sites excluding steroid dienone is 2. The van der Waals surface area contributed by atoms with Crippen molar-refractivity contribution in [2.75, 3.05) is 6.54 Å². The third-order valence-corrected chi connectivity index (χ3v) is 5.84. The monoisotopic (exact) mass is 415 g/mol. The summed E-state index contributed by atoms with van der Waals surface area (Å²) in [6.07, 6.45) is 7.26. The minimum Gasteiger partial charge on any atom is -0.478 e. The van der Waals surface area contributed by atoms with Crippen molar-refractivity contribution in [1.29, 1.82) is 0 Å². The number of hydrogen-bond acceptors (Lipinski definition) is 4. The van der Waals surface area contributed by atoms with Crippen LogP contribution in [-0.2, 0) is 6.42 Å². The molecule has 0 aliphatic carbocycles. The lowest BCUT2D eigenvalue weighted by Gasteiger charge is -2.39. The van der Waals surface area contributed by atoms with E-state index in [9.17, 15) is 9.90 Å². The third kappa shape index (κ3) is 4.13. The van der Waals surface area contributed by atoms with Gasteiger partial charge in [-0.05, 0) is 54.7 Å². The Morgan fingerprint density at radius 2 is 1.84 bits per heavy atom. The minimum atomic E-state index is -0.904. The van der Waals surface area contributed by atoms with Crippen LogP contribution >= 0.6 is 0 Å². The van der Waals surface area contributed by atoms with E-state index in [0.29, 0.717) is 5.56 Å². The topological polar surface area (TPSA) is 56.1 Å². The van der Waals surface area contributed by atoms with Gasteiger partial charge in [-0.15, -0.1) is 0 Å². The number of benzene rings is 2. The number of carboxylic acid groups (broad SMARTS) is 1. The molecular weight excluding hydrogens is 386 g/mol. The van der Waals surface area contributed by atoms with Gasteiger partial charge >= 0.3 is 5.97 Å². The summed E-state index contributed by atoms with van der Waals surface area (Å²) in [5, 5.41) is 14.1. The number of carbonyl (C=O) groups is 1. The van der Waals surface area contributed by atoms with Crippen molar-refractivity contribution in [2.24, 2.45) is 4.99 Å². The molecule has 2 aromatic rings. The summed E-state index contributed by atoms with van der Waals surface area (Å²) < 4.78 is 0. The molecule has 2 aromatic carbocycles. The van der Waals surface area contributed by atoms with Crippen LogP contribution in [0.1, 0.15) is 49.5 Å². The van der Waals surface area contributed by atoms with E-state index in [1.54, 1.807) is 12.1 Å². The molecule has 160 valence electrons. The number of carboxylic acids is 1. The number of rotatable bonds is 7. The summed E-state index contributed by atoms with van der Waals surface area (Å²) in [6.45, 7) is 7.37. The zero-order valence-corrected chi connectivity index (χ0v) is 18.4.